The molecule has 0 atom stereocenters. The Morgan fingerprint density at radius 3 is 1.73 bits per heavy atom. The van der Waals surface area contributed by atoms with Crippen molar-refractivity contribution in [2.24, 2.45) is 0 Å². The predicted octanol–water partition coefficient (Wildman–Crippen LogP) is 7.46. The third-order valence-corrected chi connectivity index (χ3v) is 5.64. The Labute approximate surface area is 224 Å². The zero-order chi connectivity index (χ0) is 27.2. The number of hydrogen-bond donors (Lipinski definition) is 1. The Kier molecular flexibility index (Phi) is 12.3. The Balaban J connectivity index is 0.000000214. The number of aliphatic hydroxyl groups excluding tert-OH is 1. The molecule has 0 fully saturated rings. The van der Waals surface area contributed by atoms with Crippen LogP contribution in [0.2, 0.25) is 5.02 Å². The summed E-state index contributed by atoms with van der Waals surface area (Å²) in [6.45, 7) is 5.57. The maximum atomic E-state index is 12.1. The lowest BCUT2D eigenvalue weighted by Crippen LogP contribution is -2.03. The molecular formula is C32H33ClO4. The van der Waals surface area contributed by atoms with Crippen molar-refractivity contribution in [1.29, 1.82) is 0 Å². The van der Waals surface area contributed by atoms with E-state index in [1.54, 1.807) is 26.2 Å². The standard InChI is InChI=1S/C16H16O2.C9H10O.C7H7ClO/c1-12-3-2-4-15(9-12)16(18)10-13-5-7-14(11-17)8-6-13;1-7-4-3-5-9(6-7)8(2)10;1-9-7-4-2-6(8)3-5-7/h2-9,17H,10-11H2,1H3;3-6H,1-2H3;2-5H,1H3. The van der Waals surface area contributed by atoms with Gasteiger partial charge in [0.25, 0.3) is 0 Å². The number of carbonyl (C=O) groups excluding carboxylic acids is 2. The Hall–Kier alpha value is -3.73. The van der Waals surface area contributed by atoms with Gasteiger partial charge in [-0.05, 0) is 68.3 Å². The van der Waals surface area contributed by atoms with E-state index in [1.807, 2.05) is 98.8 Å². The average Bonchev–Trinajstić information content (AvgIpc) is 2.90. The molecule has 0 radical (unpaired) electrons. The van der Waals surface area contributed by atoms with E-state index < -0.39 is 0 Å². The second kappa shape index (κ2) is 15.4. The molecule has 0 heterocycles. The quantitative estimate of drug-likeness (QED) is 0.270. The van der Waals surface area contributed by atoms with Crippen molar-refractivity contribution in [1.82, 2.24) is 0 Å². The summed E-state index contributed by atoms with van der Waals surface area (Å²) in [4.78, 5) is 22.9. The Bertz CT molecular complexity index is 1280. The number of hydrogen-bond acceptors (Lipinski definition) is 4. The van der Waals surface area contributed by atoms with E-state index in [9.17, 15) is 9.59 Å². The maximum Gasteiger partial charge on any atom is 0.167 e. The minimum Gasteiger partial charge on any atom is -0.497 e. The summed E-state index contributed by atoms with van der Waals surface area (Å²) >= 11 is 5.61. The third-order valence-electron chi connectivity index (χ3n) is 5.38. The average molecular weight is 517 g/mol. The molecule has 0 bridgehead atoms. The number of aryl methyl sites for hydroxylation is 2. The number of rotatable bonds is 6. The molecule has 0 amide bonds. The number of ether oxygens (including phenoxy) is 1. The predicted molar refractivity (Wildman–Crippen MR) is 151 cm³/mol. The van der Waals surface area contributed by atoms with Crippen LogP contribution >= 0.6 is 11.6 Å². The van der Waals surface area contributed by atoms with Crippen LogP contribution in [0.15, 0.2) is 97.1 Å². The lowest BCUT2D eigenvalue weighted by molar-refractivity contribution is 0.0990. The maximum absolute atomic E-state index is 12.1. The van der Waals surface area contributed by atoms with Gasteiger partial charge in [-0.2, -0.15) is 0 Å². The highest BCUT2D eigenvalue weighted by Gasteiger charge is 2.07. The monoisotopic (exact) mass is 516 g/mol. The van der Waals surface area contributed by atoms with Crippen molar-refractivity contribution < 1.29 is 19.4 Å². The summed E-state index contributed by atoms with van der Waals surface area (Å²) in [5, 5.41) is 9.68. The van der Waals surface area contributed by atoms with Crippen molar-refractivity contribution in [3.8, 4) is 5.75 Å². The summed E-state index contributed by atoms with van der Waals surface area (Å²) in [5.74, 6) is 1.08. The van der Waals surface area contributed by atoms with E-state index >= 15 is 0 Å². The first-order chi connectivity index (χ1) is 17.7. The molecule has 0 aliphatic carbocycles. The minimum absolute atomic E-state index is 0.0338. The zero-order valence-corrected chi connectivity index (χ0v) is 22.5. The van der Waals surface area contributed by atoms with E-state index in [2.05, 4.69) is 0 Å². The zero-order valence-electron chi connectivity index (χ0n) is 21.7. The van der Waals surface area contributed by atoms with Crippen LogP contribution in [0.1, 0.15) is 49.9 Å². The summed E-state index contributed by atoms with van der Waals surface area (Å²) < 4.78 is 4.91. The lowest BCUT2D eigenvalue weighted by atomic mass is 10.0. The minimum atomic E-state index is 0.0338. The molecule has 4 nitrogen and oxygen atoms in total. The second-order valence-corrected chi connectivity index (χ2v) is 8.96. The van der Waals surface area contributed by atoms with Gasteiger partial charge in [0.1, 0.15) is 5.75 Å². The summed E-state index contributed by atoms with van der Waals surface area (Å²) in [6, 6.07) is 29.9. The van der Waals surface area contributed by atoms with Gasteiger partial charge in [-0.3, -0.25) is 9.59 Å². The number of Topliss-reactive ketones (excluding diaryl/α,β-unsaturated/α-hetero) is 2. The van der Waals surface area contributed by atoms with Crippen LogP contribution in [0.25, 0.3) is 0 Å². The summed E-state index contributed by atoms with van der Waals surface area (Å²) in [7, 11) is 1.63. The van der Waals surface area contributed by atoms with Crippen molar-refractivity contribution in [2.45, 2.75) is 33.8 Å². The molecule has 0 aliphatic heterocycles. The van der Waals surface area contributed by atoms with Gasteiger partial charge in [0, 0.05) is 22.6 Å². The van der Waals surface area contributed by atoms with E-state index in [4.69, 9.17) is 21.4 Å². The molecular weight excluding hydrogens is 484 g/mol. The van der Waals surface area contributed by atoms with Crippen molar-refractivity contribution in [3.05, 3.63) is 135 Å². The molecule has 0 saturated carbocycles. The molecule has 0 unspecified atom stereocenters. The van der Waals surface area contributed by atoms with Crippen LogP contribution < -0.4 is 4.74 Å². The number of benzene rings is 4. The highest BCUT2D eigenvalue weighted by Crippen LogP contribution is 2.14. The summed E-state index contributed by atoms with van der Waals surface area (Å²) in [6.07, 6.45) is 0.398. The highest BCUT2D eigenvalue weighted by molar-refractivity contribution is 6.30. The molecule has 1 N–H and O–H groups in total. The third kappa shape index (κ3) is 10.8. The largest absolute Gasteiger partial charge is 0.497 e. The van der Waals surface area contributed by atoms with Crippen molar-refractivity contribution in [2.75, 3.05) is 7.11 Å². The second-order valence-electron chi connectivity index (χ2n) is 8.53. The molecule has 0 saturated heterocycles. The lowest BCUT2D eigenvalue weighted by Gasteiger charge is -2.03. The fourth-order valence-electron chi connectivity index (χ4n) is 3.30. The summed E-state index contributed by atoms with van der Waals surface area (Å²) in [5.41, 5.74) is 5.60. The fourth-order valence-corrected chi connectivity index (χ4v) is 3.43. The molecule has 4 aromatic rings. The van der Waals surface area contributed by atoms with Crippen LogP contribution in [-0.2, 0) is 13.0 Å². The van der Waals surface area contributed by atoms with Gasteiger partial charge in [0.2, 0.25) is 0 Å². The van der Waals surface area contributed by atoms with E-state index in [0.29, 0.717) is 6.42 Å². The smallest absolute Gasteiger partial charge is 0.167 e. The first-order valence-corrected chi connectivity index (χ1v) is 12.2. The first kappa shape index (κ1) is 29.5. The van der Waals surface area contributed by atoms with E-state index in [0.717, 1.165) is 44.2 Å². The topological polar surface area (TPSA) is 63.6 Å². The van der Waals surface area contributed by atoms with Gasteiger partial charge in [-0.15, -0.1) is 0 Å². The van der Waals surface area contributed by atoms with Crippen LogP contribution in [0.3, 0.4) is 0 Å². The van der Waals surface area contributed by atoms with Crippen molar-refractivity contribution in [3.63, 3.8) is 0 Å². The van der Waals surface area contributed by atoms with Gasteiger partial charge < -0.3 is 9.84 Å². The molecule has 4 rings (SSSR count). The van der Waals surface area contributed by atoms with Gasteiger partial charge in [-0.25, -0.2) is 0 Å². The Morgan fingerprint density at radius 2 is 1.27 bits per heavy atom. The Morgan fingerprint density at radius 1 is 0.757 bits per heavy atom. The number of halogens is 1. The van der Waals surface area contributed by atoms with Gasteiger partial charge in [-0.1, -0.05) is 83.4 Å². The fraction of sp³-hybridized carbons (Fsp3) is 0.188. The first-order valence-electron chi connectivity index (χ1n) is 11.9. The number of methoxy groups -OCH3 is 1. The molecule has 192 valence electrons. The van der Waals surface area contributed by atoms with Crippen LogP contribution in [0.5, 0.6) is 5.75 Å². The normalized spacial score (nSPS) is 9.78. The molecule has 5 heteroatoms. The van der Waals surface area contributed by atoms with E-state index in [-0.39, 0.29) is 18.2 Å². The molecule has 0 aromatic heterocycles. The van der Waals surface area contributed by atoms with Crippen molar-refractivity contribution >= 4 is 23.2 Å². The van der Waals surface area contributed by atoms with Crippen LogP contribution in [0, 0.1) is 13.8 Å². The highest BCUT2D eigenvalue weighted by atomic mass is 35.5. The SMILES string of the molecule is CC(=O)c1cccc(C)c1.COc1ccc(Cl)cc1.Cc1cccc(C(=O)Cc2ccc(CO)cc2)c1. The number of ketones is 2. The van der Waals surface area contributed by atoms with Gasteiger partial charge in [0.05, 0.1) is 13.7 Å². The molecule has 0 aliphatic rings. The molecule has 0 spiro atoms. The molecule has 37 heavy (non-hydrogen) atoms. The number of carbonyl (C=O) groups is 2. The van der Waals surface area contributed by atoms with Gasteiger partial charge in [0.15, 0.2) is 11.6 Å². The van der Waals surface area contributed by atoms with Gasteiger partial charge >= 0.3 is 0 Å². The number of aliphatic hydroxyl groups is 1. The van der Waals surface area contributed by atoms with Crippen LogP contribution in [-0.4, -0.2) is 23.8 Å². The molecule has 4 aromatic carbocycles. The van der Waals surface area contributed by atoms with E-state index in [1.165, 1.54) is 0 Å². The van der Waals surface area contributed by atoms with Crippen LogP contribution in [0.4, 0.5) is 0 Å².